The van der Waals surface area contributed by atoms with Gasteiger partial charge in [-0.1, -0.05) is 12.2 Å². The largest absolute Gasteiger partial charge is 0.481 e. The Hall–Kier alpha value is -2.52. The van der Waals surface area contributed by atoms with Crippen molar-refractivity contribution in [2.45, 2.75) is 25.2 Å². The zero-order chi connectivity index (χ0) is 19.7. The van der Waals surface area contributed by atoms with Gasteiger partial charge in [0.15, 0.2) is 0 Å². The number of allylic oxidation sites excluding steroid dienone is 2. The van der Waals surface area contributed by atoms with E-state index in [1.165, 1.54) is 6.08 Å². The van der Waals surface area contributed by atoms with Crippen LogP contribution in [0.2, 0.25) is 0 Å². The highest BCUT2D eigenvalue weighted by molar-refractivity contribution is 5.95. The van der Waals surface area contributed by atoms with Crippen LogP contribution in [-0.2, 0) is 21.9 Å². The maximum atomic E-state index is 12.8. The van der Waals surface area contributed by atoms with Crippen molar-refractivity contribution < 1.29 is 41.0 Å². The fraction of sp³-hybridized carbons (Fsp3) is 0.375. The number of hydrogen-bond acceptors (Lipinski definition) is 2. The van der Waals surface area contributed by atoms with E-state index in [-0.39, 0.29) is 18.9 Å². The molecule has 0 aromatic heterocycles. The van der Waals surface area contributed by atoms with Crippen molar-refractivity contribution in [3.63, 3.8) is 0 Å². The number of aliphatic carboxylic acids is 1. The number of benzene rings is 1. The van der Waals surface area contributed by atoms with Crippen molar-refractivity contribution in [3.8, 4) is 0 Å². The molecular formula is C16H13F6NO3. The minimum atomic E-state index is -5.04. The minimum absolute atomic E-state index is 0.0217. The zero-order valence-electron chi connectivity index (χ0n) is 13.0. The number of anilines is 1. The lowest BCUT2D eigenvalue weighted by Crippen LogP contribution is -2.34. The fourth-order valence-electron chi connectivity index (χ4n) is 2.64. The van der Waals surface area contributed by atoms with Crippen LogP contribution in [0.5, 0.6) is 0 Å². The Morgan fingerprint density at radius 3 is 1.77 bits per heavy atom. The van der Waals surface area contributed by atoms with Gasteiger partial charge in [0, 0.05) is 5.69 Å². The first kappa shape index (κ1) is 19.8. The molecule has 1 aromatic rings. The average Bonchev–Trinajstić information content (AvgIpc) is 2.52. The van der Waals surface area contributed by atoms with Crippen LogP contribution in [0.25, 0.3) is 0 Å². The van der Waals surface area contributed by atoms with Crippen LogP contribution < -0.4 is 5.32 Å². The zero-order valence-corrected chi connectivity index (χ0v) is 13.0. The second kappa shape index (κ2) is 7.00. The van der Waals surface area contributed by atoms with E-state index in [9.17, 15) is 35.9 Å². The molecule has 0 spiro atoms. The lowest BCUT2D eigenvalue weighted by atomic mass is 9.82. The smallest absolute Gasteiger partial charge is 0.416 e. The van der Waals surface area contributed by atoms with Gasteiger partial charge in [-0.15, -0.1) is 0 Å². The van der Waals surface area contributed by atoms with Crippen LogP contribution in [0, 0.1) is 11.8 Å². The summed E-state index contributed by atoms with van der Waals surface area (Å²) in [7, 11) is 0. The Bertz CT molecular complexity index is 706. The molecule has 0 fully saturated rings. The SMILES string of the molecule is O=C(Nc1cc(C(F)(F)F)cc(C(F)(F)F)c1)[C@H]1CC=CC[C@H]1C(=O)O. The number of carbonyl (C=O) groups excluding carboxylic acids is 1. The van der Waals surface area contributed by atoms with Crippen molar-refractivity contribution in [3.05, 3.63) is 41.5 Å². The highest BCUT2D eigenvalue weighted by Gasteiger charge is 2.38. The van der Waals surface area contributed by atoms with Crippen molar-refractivity contribution in [2.24, 2.45) is 11.8 Å². The van der Waals surface area contributed by atoms with Gasteiger partial charge in [0.1, 0.15) is 0 Å². The Labute approximate surface area is 143 Å². The number of nitrogens with one attached hydrogen (secondary N) is 1. The normalized spacial score (nSPS) is 20.7. The third kappa shape index (κ3) is 4.55. The van der Waals surface area contributed by atoms with Gasteiger partial charge in [-0.05, 0) is 31.0 Å². The molecule has 1 aliphatic rings. The summed E-state index contributed by atoms with van der Waals surface area (Å²) in [6, 6.07) is 0.697. The molecular weight excluding hydrogens is 368 g/mol. The van der Waals surface area contributed by atoms with Gasteiger partial charge in [0.2, 0.25) is 5.91 Å². The number of carboxylic acids is 1. The van der Waals surface area contributed by atoms with Crippen molar-refractivity contribution in [1.29, 1.82) is 0 Å². The summed E-state index contributed by atoms with van der Waals surface area (Å²) in [6.45, 7) is 0. The molecule has 4 nitrogen and oxygen atoms in total. The Kier molecular flexibility index (Phi) is 5.33. The third-order valence-corrected chi connectivity index (χ3v) is 3.94. The molecule has 1 aliphatic carbocycles. The second-order valence-corrected chi connectivity index (χ2v) is 5.78. The van der Waals surface area contributed by atoms with E-state index >= 15 is 0 Å². The molecule has 1 aromatic carbocycles. The summed E-state index contributed by atoms with van der Waals surface area (Å²) < 4.78 is 77.0. The summed E-state index contributed by atoms with van der Waals surface area (Å²) in [5, 5.41) is 11.1. The first-order valence-electron chi connectivity index (χ1n) is 7.37. The highest BCUT2D eigenvalue weighted by Crippen LogP contribution is 2.38. The average molecular weight is 381 g/mol. The number of carbonyl (C=O) groups is 2. The first-order chi connectivity index (χ1) is 11.9. The summed E-state index contributed by atoms with van der Waals surface area (Å²) in [5.41, 5.74) is -3.84. The van der Waals surface area contributed by atoms with E-state index in [0.29, 0.717) is 12.1 Å². The summed E-state index contributed by atoms with van der Waals surface area (Å²) in [6.07, 6.45) is -6.93. The molecule has 2 atom stereocenters. The first-order valence-corrected chi connectivity index (χ1v) is 7.37. The monoisotopic (exact) mass is 381 g/mol. The molecule has 0 radical (unpaired) electrons. The number of carboxylic acid groups (broad SMARTS) is 1. The molecule has 26 heavy (non-hydrogen) atoms. The van der Waals surface area contributed by atoms with Crippen molar-refractivity contribution in [1.82, 2.24) is 0 Å². The standard InChI is InChI=1S/C16H13F6NO3/c17-15(18,19)8-5-9(16(20,21)22)7-10(6-8)23-13(24)11-3-1-2-4-12(11)14(25)26/h1-2,5-7,11-12H,3-4H2,(H,23,24)(H,25,26)/t11-,12+/m0/s1. The molecule has 0 heterocycles. The van der Waals surface area contributed by atoms with Crippen LogP contribution in [0.3, 0.4) is 0 Å². The number of amides is 1. The Balaban J connectivity index is 2.34. The Morgan fingerprint density at radius 1 is 0.885 bits per heavy atom. The summed E-state index contributed by atoms with van der Waals surface area (Å²) in [5.74, 6) is -4.42. The summed E-state index contributed by atoms with van der Waals surface area (Å²) in [4.78, 5) is 23.4. The summed E-state index contributed by atoms with van der Waals surface area (Å²) >= 11 is 0. The number of halogens is 6. The van der Waals surface area contributed by atoms with Crippen LogP contribution >= 0.6 is 0 Å². The molecule has 142 valence electrons. The van der Waals surface area contributed by atoms with Gasteiger partial charge in [-0.2, -0.15) is 26.3 Å². The van der Waals surface area contributed by atoms with Crippen molar-refractivity contribution >= 4 is 17.6 Å². The molecule has 10 heteroatoms. The number of rotatable bonds is 3. The molecule has 0 aliphatic heterocycles. The predicted molar refractivity (Wildman–Crippen MR) is 78.1 cm³/mol. The molecule has 0 saturated heterocycles. The van der Waals surface area contributed by atoms with E-state index in [1.807, 2.05) is 5.32 Å². The van der Waals surface area contributed by atoms with E-state index in [2.05, 4.69) is 0 Å². The lowest BCUT2D eigenvalue weighted by Gasteiger charge is -2.24. The second-order valence-electron chi connectivity index (χ2n) is 5.78. The van der Waals surface area contributed by atoms with Gasteiger partial charge in [0.05, 0.1) is 23.0 Å². The van der Waals surface area contributed by atoms with E-state index in [0.717, 1.165) is 0 Å². The van der Waals surface area contributed by atoms with Gasteiger partial charge in [-0.3, -0.25) is 9.59 Å². The van der Waals surface area contributed by atoms with Crippen LogP contribution in [-0.4, -0.2) is 17.0 Å². The molecule has 2 N–H and O–H groups in total. The maximum absolute atomic E-state index is 12.8. The van der Waals surface area contributed by atoms with Gasteiger partial charge in [0.25, 0.3) is 0 Å². The Morgan fingerprint density at radius 2 is 1.35 bits per heavy atom. The van der Waals surface area contributed by atoms with Crippen LogP contribution in [0.4, 0.5) is 32.0 Å². The fourth-order valence-corrected chi connectivity index (χ4v) is 2.64. The molecule has 0 bridgehead atoms. The van der Waals surface area contributed by atoms with Crippen molar-refractivity contribution in [2.75, 3.05) is 5.32 Å². The van der Waals surface area contributed by atoms with Gasteiger partial charge >= 0.3 is 18.3 Å². The molecule has 0 saturated carbocycles. The minimum Gasteiger partial charge on any atom is -0.481 e. The molecule has 2 rings (SSSR count). The van der Waals surface area contributed by atoms with Crippen LogP contribution in [0.1, 0.15) is 24.0 Å². The predicted octanol–water partition coefficient (Wildman–Crippen LogP) is 4.33. The lowest BCUT2D eigenvalue weighted by molar-refractivity contribution is -0.146. The van der Waals surface area contributed by atoms with Gasteiger partial charge in [-0.25, -0.2) is 0 Å². The number of alkyl halides is 6. The van der Waals surface area contributed by atoms with E-state index in [1.54, 1.807) is 6.08 Å². The maximum Gasteiger partial charge on any atom is 0.416 e. The van der Waals surface area contributed by atoms with Crippen LogP contribution in [0.15, 0.2) is 30.4 Å². The van der Waals surface area contributed by atoms with E-state index < -0.39 is 52.9 Å². The van der Waals surface area contributed by atoms with E-state index in [4.69, 9.17) is 5.11 Å². The molecule has 0 unspecified atom stereocenters. The quantitative estimate of drug-likeness (QED) is 0.605. The topological polar surface area (TPSA) is 66.4 Å². The highest BCUT2D eigenvalue weighted by atomic mass is 19.4. The molecule has 1 amide bonds. The number of hydrogen-bond donors (Lipinski definition) is 2. The third-order valence-electron chi connectivity index (χ3n) is 3.94. The van der Waals surface area contributed by atoms with Gasteiger partial charge < -0.3 is 10.4 Å².